The van der Waals surface area contributed by atoms with E-state index in [1.54, 1.807) is 17.4 Å². The molecule has 26 heavy (non-hydrogen) atoms. The zero-order valence-electron chi connectivity index (χ0n) is 15.1. The molecule has 1 atom stereocenters. The number of piperidine rings is 1. The van der Waals surface area contributed by atoms with Crippen LogP contribution >= 0.6 is 11.3 Å². The lowest BCUT2D eigenvalue weighted by atomic mass is 9.91. The Hall–Kier alpha value is -1.28. The van der Waals surface area contributed by atoms with Gasteiger partial charge >= 0.3 is 0 Å². The smallest absolute Gasteiger partial charge is 0.259 e. The molecule has 7 heteroatoms. The van der Waals surface area contributed by atoms with Crippen LogP contribution in [-0.4, -0.2) is 52.7 Å². The van der Waals surface area contributed by atoms with Gasteiger partial charge in [0, 0.05) is 42.8 Å². The summed E-state index contributed by atoms with van der Waals surface area (Å²) >= 11 is 1.71. The molecule has 2 aromatic rings. The normalized spacial score (nSPS) is 27.1. The van der Waals surface area contributed by atoms with E-state index in [2.05, 4.69) is 10.2 Å². The monoisotopic (exact) mass is 374 g/mol. The number of likely N-dealkylation sites (tertiary alicyclic amines) is 1. The van der Waals surface area contributed by atoms with Gasteiger partial charge in [-0.25, -0.2) is 4.98 Å². The predicted molar refractivity (Wildman–Crippen MR) is 102 cm³/mol. The standard InChI is InChI=1S/C19H26N4O2S/c24-17-10-14(21-18-23(17)15-4-1-2-5-16(15)26-18)11-22-8-3-6-19(13-22)12-20-7-9-25-19/h10,20H,1-9,11-13H2. The summed E-state index contributed by atoms with van der Waals surface area (Å²) in [7, 11) is 0. The minimum Gasteiger partial charge on any atom is -0.371 e. The van der Waals surface area contributed by atoms with Gasteiger partial charge in [-0.3, -0.25) is 14.1 Å². The fourth-order valence-corrected chi connectivity index (χ4v) is 5.98. The molecule has 0 radical (unpaired) electrons. The van der Waals surface area contributed by atoms with E-state index in [0.29, 0.717) is 0 Å². The van der Waals surface area contributed by atoms with Crippen LogP contribution in [0.4, 0.5) is 0 Å². The molecule has 3 aliphatic rings. The second-order valence-corrected chi connectivity index (χ2v) is 8.97. The molecular formula is C19H26N4O2S. The minimum atomic E-state index is -0.0579. The summed E-state index contributed by atoms with van der Waals surface area (Å²) in [5.74, 6) is 0. The summed E-state index contributed by atoms with van der Waals surface area (Å²) in [4.78, 5) is 22.2. The predicted octanol–water partition coefficient (Wildman–Crippen LogP) is 1.59. The Morgan fingerprint density at radius 3 is 3.12 bits per heavy atom. The number of nitrogens with zero attached hydrogens (tertiary/aromatic N) is 3. The lowest BCUT2D eigenvalue weighted by Gasteiger charge is -2.45. The van der Waals surface area contributed by atoms with Gasteiger partial charge in [0.05, 0.1) is 17.9 Å². The number of hydrogen-bond donors (Lipinski definition) is 1. The van der Waals surface area contributed by atoms with Crippen LogP contribution in [0.15, 0.2) is 10.9 Å². The molecule has 0 aromatic carbocycles. The van der Waals surface area contributed by atoms with Crippen LogP contribution in [0, 0.1) is 0 Å². The number of rotatable bonds is 2. The molecule has 140 valence electrons. The molecule has 2 aromatic heterocycles. The van der Waals surface area contributed by atoms with Gasteiger partial charge in [-0.15, -0.1) is 11.3 Å². The maximum absolute atomic E-state index is 12.7. The van der Waals surface area contributed by atoms with Crippen molar-refractivity contribution in [3.63, 3.8) is 0 Å². The summed E-state index contributed by atoms with van der Waals surface area (Å²) in [6.45, 7) is 5.37. The number of aromatic nitrogens is 2. The Labute approximate surface area is 157 Å². The van der Waals surface area contributed by atoms with Crippen molar-refractivity contribution < 1.29 is 4.74 Å². The highest BCUT2D eigenvalue weighted by molar-refractivity contribution is 7.17. The van der Waals surface area contributed by atoms with Crippen molar-refractivity contribution in [3.8, 4) is 0 Å². The average Bonchev–Trinajstić information content (AvgIpc) is 3.01. The van der Waals surface area contributed by atoms with Crippen molar-refractivity contribution in [2.45, 2.75) is 50.7 Å². The molecule has 0 amide bonds. The van der Waals surface area contributed by atoms with Crippen LogP contribution in [0.1, 0.15) is 41.9 Å². The second kappa shape index (κ2) is 6.71. The van der Waals surface area contributed by atoms with Crippen molar-refractivity contribution in [2.24, 2.45) is 0 Å². The van der Waals surface area contributed by atoms with E-state index in [1.807, 2.05) is 4.40 Å². The van der Waals surface area contributed by atoms with Crippen LogP contribution in [0.5, 0.6) is 0 Å². The Kier molecular flexibility index (Phi) is 4.35. The largest absolute Gasteiger partial charge is 0.371 e. The first-order chi connectivity index (χ1) is 12.7. The minimum absolute atomic E-state index is 0.0579. The molecule has 6 nitrogen and oxygen atoms in total. The molecule has 1 aliphatic carbocycles. The summed E-state index contributed by atoms with van der Waals surface area (Å²) in [6, 6.07) is 1.75. The van der Waals surface area contributed by atoms with E-state index < -0.39 is 0 Å². The molecule has 0 saturated carbocycles. The Bertz CT molecular complexity index is 863. The van der Waals surface area contributed by atoms with Gasteiger partial charge in [-0.1, -0.05) is 0 Å². The highest BCUT2D eigenvalue weighted by Gasteiger charge is 2.37. The van der Waals surface area contributed by atoms with Crippen molar-refractivity contribution in [2.75, 3.05) is 32.8 Å². The van der Waals surface area contributed by atoms with Crippen LogP contribution in [0.2, 0.25) is 0 Å². The molecule has 5 rings (SSSR count). The van der Waals surface area contributed by atoms with Crippen molar-refractivity contribution in [3.05, 3.63) is 32.7 Å². The SMILES string of the molecule is O=c1cc(CN2CCCC3(CNCCO3)C2)nc2sc3c(n12)CCCC3. The zero-order chi connectivity index (χ0) is 17.6. The van der Waals surface area contributed by atoms with Crippen molar-refractivity contribution in [1.82, 2.24) is 19.6 Å². The highest BCUT2D eigenvalue weighted by atomic mass is 32.1. The fourth-order valence-electron chi connectivity index (χ4n) is 4.75. The van der Waals surface area contributed by atoms with E-state index in [-0.39, 0.29) is 11.2 Å². The summed E-state index contributed by atoms with van der Waals surface area (Å²) in [5.41, 5.74) is 2.14. The topological polar surface area (TPSA) is 58.9 Å². The Balaban J connectivity index is 1.40. The maximum Gasteiger partial charge on any atom is 0.259 e. The van der Waals surface area contributed by atoms with Crippen LogP contribution < -0.4 is 10.9 Å². The second-order valence-electron chi connectivity index (χ2n) is 7.91. The summed E-state index contributed by atoms with van der Waals surface area (Å²) in [6.07, 6.45) is 6.76. The molecule has 2 saturated heterocycles. The van der Waals surface area contributed by atoms with Gasteiger partial charge in [0.2, 0.25) is 0 Å². The third-order valence-electron chi connectivity index (χ3n) is 5.95. The van der Waals surface area contributed by atoms with E-state index in [9.17, 15) is 4.79 Å². The van der Waals surface area contributed by atoms with Gasteiger partial charge in [0.15, 0.2) is 4.96 Å². The van der Waals surface area contributed by atoms with Crippen LogP contribution in [-0.2, 0) is 24.1 Å². The molecule has 0 bridgehead atoms. The summed E-state index contributed by atoms with van der Waals surface area (Å²) in [5, 5.41) is 3.47. The number of hydrogen-bond acceptors (Lipinski definition) is 6. The zero-order valence-corrected chi connectivity index (χ0v) is 15.9. The van der Waals surface area contributed by atoms with Gasteiger partial charge < -0.3 is 10.1 Å². The number of aryl methyl sites for hydroxylation is 2. The van der Waals surface area contributed by atoms with Crippen molar-refractivity contribution >= 4 is 16.3 Å². The third kappa shape index (κ3) is 3.01. The van der Waals surface area contributed by atoms with Gasteiger partial charge in [0.1, 0.15) is 0 Å². The first kappa shape index (κ1) is 16.9. The molecule has 4 heterocycles. The lowest BCUT2D eigenvalue weighted by molar-refractivity contribution is -0.107. The average molecular weight is 375 g/mol. The molecule has 2 fully saturated rings. The number of ether oxygens (including phenoxy) is 1. The number of morpholine rings is 1. The van der Waals surface area contributed by atoms with E-state index >= 15 is 0 Å². The van der Waals surface area contributed by atoms with E-state index in [4.69, 9.17) is 9.72 Å². The van der Waals surface area contributed by atoms with Crippen LogP contribution in [0.25, 0.3) is 4.96 Å². The van der Waals surface area contributed by atoms with E-state index in [0.717, 1.165) is 75.7 Å². The quantitative estimate of drug-likeness (QED) is 0.865. The molecule has 1 spiro atoms. The van der Waals surface area contributed by atoms with Crippen LogP contribution in [0.3, 0.4) is 0 Å². The maximum atomic E-state index is 12.7. The fraction of sp³-hybridized carbons (Fsp3) is 0.684. The molecular weight excluding hydrogens is 348 g/mol. The van der Waals surface area contributed by atoms with E-state index in [1.165, 1.54) is 23.4 Å². The Morgan fingerprint density at radius 2 is 2.23 bits per heavy atom. The first-order valence-electron chi connectivity index (χ1n) is 9.83. The van der Waals surface area contributed by atoms with Gasteiger partial charge in [-0.2, -0.15) is 0 Å². The summed E-state index contributed by atoms with van der Waals surface area (Å²) < 4.78 is 7.99. The van der Waals surface area contributed by atoms with Gasteiger partial charge in [0.25, 0.3) is 5.56 Å². The molecule has 1 unspecified atom stereocenters. The number of thiazole rings is 1. The van der Waals surface area contributed by atoms with Crippen molar-refractivity contribution in [1.29, 1.82) is 0 Å². The lowest BCUT2D eigenvalue weighted by Crippen LogP contribution is -2.58. The Morgan fingerprint density at radius 1 is 1.31 bits per heavy atom. The van der Waals surface area contributed by atoms with Gasteiger partial charge in [-0.05, 0) is 45.1 Å². The highest BCUT2D eigenvalue weighted by Crippen LogP contribution is 2.29. The number of nitrogens with one attached hydrogen (secondary N) is 1. The number of fused-ring (bicyclic) bond motifs is 3. The molecule has 1 N–H and O–H groups in total. The molecule has 2 aliphatic heterocycles. The first-order valence-corrected chi connectivity index (χ1v) is 10.6. The third-order valence-corrected chi connectivity index (χ3v) is 7.10.